The third kappa shape index (κ3) is 5.63. The fraction of sp³-hybridized carbons (Fsp3) is 0.522. The molecule has 1 fully saturated rings. The lowest BCUT2D eigenvalue weighted by Gasteiger charge is -2.33. The van der Waals surface area contributed by atoms with E-state index in [1.54, 1.807) is 13.8 Å². The molecule has 2 unspecified atom stereocenters. The third-order valence-corrected chi connectivity index (χ3v) is 5.34. The number of rotatable bonds is 8. The third-order valence-electron chi connectivity index (χ3n) is 5.34. The average molecular weight is 431 g/mol. The molecule has 0 saturated carbocycles. The minimum absolute atomic E-state index is 0.0903. The van der Waals surface area contributed by atoms with Crippen LogP contribution in [0.4, 0.5) is 0 Å². The van der Waals surface area contributed by atoms with Crippen molar-refractivity contribution < 1.29 is 33.3 Å². The van der Waals surface area contributed by atoms with Crippen LogP contribution in [0.1, 0.15) is 33.3 Å². The van der Waals surface area contributed by atoms with Gasteiger partial charge < -0.3 is 24.3 Å². The second kappa shape index (κ2) is 9.94. The molecular formula is C23H29NO7. The van der Waals surface area contributed by atoms with E-state index in [2.05, 4.69) is 11.2 Å². The Morgan fingerprint density at radius 1 is 1.19 bits per heavy atom. The van der Waals surface area contributed by atoms with Crippen LogP contribution in [0.15, 0.2) is 30.3 Å². The normalized spacial score (nSPS) is 26.9. The zero-order valence-corrected chi connectivity index (χ0v) is 18.5. The van der Waals surface area contributed by atoms with Crippen LogP contribution in [0.3, 0.4) is 0 Å². The highest BCUT2D eigenvalue weighted by Crippen LogP contribution is 2.41. The summed E-state index contributed by atoms with van der Waals surface area (Å²) >= 11 is 0. The number of ether oxygens (including phenoxy) is 4. The van der Waals surface area contributed by atoms with E-state index in [1.165, 1.54) is 20.9 Å². The number of carbonyl (C=O) groups excluding carboxylic acids is 3. The number of benzene rings is 1. The molecule has 0 aromatic heterocycles. The van der Waals surface area contributed by atoms with Crippen molar-refractivity contribution in [1.82, 2.24) is 5.32 Å². The molecule has 1 aromatic rings. The van der Waals surface area contributed by atoms with Gasteiger partial charge in [-0.05, 0) is 19.4 Å². The number of hydrogen-bond donors (Lipinski definition) is 1. The van der Waals surface area contributed by atoms with Gasteiger partial charge in [0.2, 0.25) is 6.29 Å². The van der Waals surface area contributed by atoms with E-state index in [1.807, 2.05) is 30.3 Å². The number of carbonyl (C=O) groups is 3. The van der Waals surface area contributed by atoms with Crippen molar-refractivity contribution in [2.24, 2.45) is 5.41 Å². The fourth-order valence-electron chi connectivity index (χ4n) is 3.54. The van der Waals surface area contributed by atoms with E-state index in [0.29, 0.717) is 6.42 Å². The van der Waals surface area contributed by atoms with Crippen LogP contribution >= 0.6 is 0 Å². The quantitative estimate of drug-likeness (QED) is 0.493. The molecule has 1 saturated heterocycles. The molecule has 2 rings (SSSR count). The predicted octanol–water partition coefficient (Wildman–Crippen LogP) is 1.61. The lowest BCUT2D eigenvalue weighted by atomic mass is 9.81. The Morgan fingerprint density at radius 3 is 2.32 bits per heavy atom. The Hall–Kier alpha value is -2.89. The molecule has 1 aliphatic heterocycles. The van der Waals surface area contributed by atoms with Gasteiger partial charge in [-0.25, -0.2) is 0 Å². The summed E-state index contributed by atoms with van der Waals surface area (Å²) in [6, 6.07) is 9.44. The molecule has 0 radical (unpaired) electrons. The van der Waals surface area contributed by atoms with Crippen molar-refractivity contribution in [2.75, 3.05) is 13.7 Å². The topological polar surface area (TPSA) is 100 Å². The lowest BCUT2D eigenvalue weighted by molar-refractivity contribution is -0.198. The zero-order valence-electron chi connectivity index (χ0n) is 18.5. The van der Waals surface area contributed by atoms with Gasteiger partial charge in [-0.1, -0.05) is 36.3 Å². The minimum atomic E-state index is -1.22. The Balaban J connectivity index is 2.26. The van der Waals surface area contributed by atoms with Gasteiger partial charge in [-0.15, -0.1) is 6.42 Å². The smallest absolute Gasteiger partial charge is 0.305 e. The van der Waals surface area contributed by atoms with Gasteiger partial charge in [-0.3, -0.25) is 14.4 Å². The summed E-state index contributed by atoms with van der Waals surface area (Å²) < 4.78 is 22.4. The van der Waals surface area contributed by atoms with Gasteiger partial charge in [0, 0.05) is 27.3 Å². The fourth-order valence-corrected chi connectivity index (χ4v) is 3.54. The zero-order chi connectivity index (χ0) is 23.2. The van der Waals surface area contributed by atoms with Crippen molar-refractivity contribution in [3.8, 4) is 12.3 Å². The summed E-state index contributed by atoms with van der Waals surface area (Å²) in [5.41, 5.74) is -1.45. The minimum Gasteiger partial charge on any atom is -0.454 e. The van der Waals surface area contributed by atoms with Crippen LogP contribution in [0.5, 0.6) is 0 Å². The molecule has 1 aromatic carbocycles. The van der Waals surface area contributed by atoms with Crippen LogP contribution in [0.2, 0.25) is 0 Å². The molecule has 8 heteroatoms. The standard InChI is InChI=1S/C23H29NO7/c1-7-22(4)18(31-20(30-16(3)26)19(22)29-15(2)25)14-28-23(5,21(27)24-6)13-17-11-9-8-10-12-17/h1,8-12,18-20H,13-14H2,2-6H3,(H,24,27)/t18-,19+,20?,22+,23?/m1/s1. The molecule has 0 spiro atoms. The van der Waals surface area contributed by atoms with Crippen LogP contribution in [-0.2, 0) is 39.8 Å². The largest absolute Gasteiger partial charge is 0.454 e. The maximum absolute atomic E-state index is 12.6. The van der Waals surface area contributed by atoms with Crippen LogP contribution < -0.4 is 5.32 Å². The number of amides is 1. The van der Waals surface area contributed by atoms with E-state index in [0.717, 1.165) is 5.56 Å². The maximum Gasteiger partial charge on any atom is 0.305 e. The van der Waals surface area contributed by atoms with Crippen molar-refractivity contribution in [2.45, 2.75) is 58.2 Å². The average Bonchev–Trinajstić information content (AvgIpc) is 2.97. The summed E-state index contributed by atoms with van der Waals surface area (Å²) in [6.07, 6.45) is 3.08. The Kier molecular flexibility index (Phi) is 7.82. The molecule has 8 nitrogen and oxygen atoms in total. The molecule has 0 bridgehead atoms. The first-order valence-corrected chi connectivity index (χ1v) is 9.93. The highest BCUT2D eigenvalue weighted by molar-refractivity contribution is 5.84. The van der Waals surface area contributed by atoms with E-state index in [-0.39, 0.29) is 12.5 Å². The first-order valence-electron chi connectivity index (χ1n) is 9.93. The molecular weight excluding hydrogens is 402 g/mol. The lowest BCUT2D eigenvalue weighted by Crippen LogP contribution is -2.50. The van der Waals surface area contributed by atoms with E-state index < -0.39 is 41.5 Å². The number of esters is 2. The second-order valence-electron chi connectivity index (χ2n) is 7.84. The van der Waals surface area contributed by atoms with Crippen molar-refractivity contribution in [3.63, 3.8) is 0 Å². The second-order valence-corrected chi connectivity index (χ2v) is 7.84. The van der Waals surface area contributed by atoms with Gasteiger partial charge >= 0.3 is 11.9 Å². The maximum atomic E-state index is 12.6. The summed E-state index contributed by atoms with van der Waals surface area (Å²) in [5.74, 6) is 1.09. The van der Waals surface area contributed by atoms with E-state index in [4.69, 9.17) is 25.4 Å². The van der Waals surface area contributed by atoms with Gasteiger partial charge in [0.05, 0.1) is 12.0 Å². The van der Waals surface area contributed by atoms with Crippen LogP contribution in [-0.4, -0.2) is 55.6 Å². The Morgan fingerprint density at radius 2 is 1.81 bits per heavy atom. The summed E-state index contributed by atoms with van der Waals surface area (Å²) in [4.78, 5) is 35.8. The van der Waals surface area contributed by atoms with E-state index in [9.17, 15) is 14.4 Å². The molecule has 1 amide bonds. The Labute approximate surface area is 182 Å². The van der Waals surface area contributed by atoms with E-state index >= 15 is 0 Å². The molecule has 0 aliphatic carbocycles. The predicted molar refractivity (Wildman–Crippen MR) is 111 cm³/mol. The molecule has 31 heavy (non-hydrogen) atoms. The summed E-state index contributed by atoms with van der Waals surface area (Å²) in [7, 11) is 1.53. The first kappa shape index (κ1) is 24.4. The number of nitrogens with one attached hydrogen (secondary N) is 1. The highest BCUT2D eigenvalue weighted by atomic mass is 16.7. The van der Waals surface area contributed by atoms with Crippen molar-refractivity contribution in [1.29, 1.82) is 0 Å². The van der Waals surface area contributed by atoms with Gasteiger partial charge in [0.1, 0.15) is 11.7 Å². The summed E-state index contributed by atoms with van der Waals surface area (Å²) in [6.45, 7) is 5.69. The SMILES string of the molecule is C#C[C@@]1(C)[C@@H](COC(C)(Cc2ccccc2)C(=O)NC)OC(OC(C)=O)[C@@H]1OC(C)=O. The van der Waals surface area contributed by atoms with Gasteiger partial charge in [0.25, 0.3) is 5.91 Å². The van der Waals surface area contributed by atoms with Crippen LogP contribution in [0.25, 0.3) is 0 Å². The van der Waals surface area contributed by atoms with Crippen LogP contribution in [0, 0.1) is 17.8 Å². The van der Waals surface area contributed by atoms with Crippen molar-refractivity contribution >= 4 is 17.8 Å². The van der Waals surface area contributed by atoms with Crippen molar-refractivity contribution in [3.05, 3.63) is 35.9 Å². The van der Waals surface area contributed by atoms with Gasteiger partial charge in [-0.2, -0.15) is 0 Å². The Bertz CT molecular complexity index is 849. The first-order chi connectivity index (χ1) is 14.6. The molecule has 1 aliphatic rings. The highest BCUT2D eigenvalue weighted by Gasteiger charge is 2.57. The molecule has 1 N–H and O–H groups in total. The van der Waals surface area contributed by atoms with Gasteiger partial charge in [0.15, 0.2) is 6.10 Å². The number of hydrogen-bond acceptors (Lipinski definition) is 7. The summed E-state index contributed by atoms with van der Waals surface area (Å²) in [5, 5.41) is 2.62. The molecule has 5 atom stereocenters. The molecule has 168 valence electrons. The molecule has 1 heterocycles. The number of likely N-dealkylation sites (N-methyl/N-ethyl adjacent to an activating group) is 1. The monoisotopic (exact) mass is 431 g/mol. The number of terminal acetylenes is 1.